The minimum atomic E-state index is 0.0165. The third kappa shape index (κ3) is 2.76. The van der Waals surface area contributed by atoms with E-state index < -0.39 is 0 Å². The number of aromatic nitrogens is 1. The molecule has 4 rings (SSSR count). The van der Waals surface area contributed by atoms with E-state index in [4.69, 9.17) is 0 Å². The average molecular weight is 417 g/mol. The number of fused-ring (bicyclic) bond motifs is 2. The Labute approximate surface area is 162 Å². The highest BCUT2D eigenvalue weighted by atomic mass is 79.9. The number of carbonyl (C=O) groups excluding carboxylic acids is 1. The number of nitrogens with one attached hydrogen (secondary N) is 2. The van der Waals surface area contributed by atoms with Crippen molar-refractivity contribution in [2.24, 2.45) is 0 Å². The standard InChI is InChI=1S/C20H25BrN4O/c1-4-25(5-2)20(26)22-12-9-14-13-7-6-8-16-18(13)15(19(21)23-16)10-17(14)24(3)11-12/h6-9,12,17,23H,4-5,10-11H2,1-3H3,(H,22,26). The number of hydrogen-bond donors (Lipinski definition) is 2. The van der Waals surface area contributed by atoms with Crippen LogP contribution in [0.25, 0.3) is 16.5 Å². The molecule has 0 bridgehead atoms. The Morgan fingerprint density at radius 2 is 2.15 bits per heavy atom. The number of carbonyl (C=O) groups is 1. The van der Waals surface area contributed by atoms with Gasteiger partial charge in [-0.25, -0.2) is 4.79 Å². The number of hydrogen-bond acceptors (Lipinski definition) is 2. The van der Waals surface area contributed by atoms with Gasteiger partial charge in [-0.3, -0.25) is 4.90 Å². The van der Waals surface area contributed by atoms with Gasteiger partial charge in [-0.15, -0.1) is 0 Å². The second-order valence-corrected chi connectivity index (χ2v) is 7.95. The summed E-state index contributed by atoms with van der Waals surface area (Å²) in [5, 5.41) is 4.51. The Balaban J connectivity index is 1.72. The van der Waals surface area contributed by atoms with Crippen LogP contribution < -0.4 is 5.32 Å². The first kappa shape index (κ1) is 17.6. The van der Waals surface area contributed by atoms with Gasteiger partial charge in [0.15, 0.2) is 0 Å². The highest BCUT2D eigenvalue weighted by Crippen LogP contribution is 2.42. The van der Waals surface area contributed by atoms with E-state index in [-0.39, 0.29) is 12.1 Å². The maximum Gasteiger partial charge on any atom is 0.317 e. The summed E-state index contributed by atoms with van der Waals surface area (Å²) >= 11 is 3.69. The van der Waals surface area contributed by atoms with Crippen molar-refractivity contribution in [3.63, 3.8) is 0 Å². The van der Waals surface area contributed by atoms with Crippen molar-refractivity contribution in [2.45, 2.75) is 32.4 Å². The van der Waals surface area contributed by atoms with Crippen molar-refractivity contribution in [3.05, 3.63) is 40.0 Å². The molecule has 0 saturated carbocycles. The zero-order chi connectivity index (χ0) is 18.4. The molecule has 2 amide bonds. The summed E-state index contributed by atoms with van der Waals surface area (Å²) in [7, 11) is 2.15. The van der Waals surface area contributed by atoms with Gasteiger partial charge in [0.25, 0.3) is 0 Å². The van der Waals surface area contributed by atoms with Crippen molar-refractivity contribution in [1.82, 2.24) is 20.1 Å². The molecule has 0 spiro atoms. The van der Waals surface area contributed by atoms with Gasteiger partial charge in [-0.05, 0) is 66.0 Å². The second-order valence-electron chi connectivity index (χ2n) is 7.16. The molecule has 6 heteroatoms. The van der Waals surface area contributed by atoms with E-state index in [1.165, 1.54) is 27.6 Å². The van der Waals surface area contributed by atoms with Crippen LogP contribution in [0.1, 0.15) is 25.0 Å². The topological polar surface area (TPSA) is 51.4 Å². The Morgan fingerprint density at radius 1 is 1.38 bits per heavy atom. The van der Waals surface area contributed by atoms with E-state index >= 15 is 0 Å². The van der Waals surface area contributed by atoms with Crippen LogP contribution in [-0.2, 0) is 6.42 Å². The average Bonchev–Trinajstić information content (AvgIpc) is 2.94. The lowest BCUT2D eigenvalue weighted by Crippen LogP contribution is -2.52. The van der Waals surface area contributed by atoms with Crippen LogP contribution in [0, 0.1) is 0 Å². The molecule has 2 atom stereocenters. The van der Waals surface area contributed by atoms with Gasteiger partial charge < -0.3 is 15.2 Å². The molecule has 2 N–H and O–H groups in total. The van der Waals surface area contributed by atoms with Crippen LogP contribution in [0.3, 0.4) is 0 Å². The quantitative estimate of drug-likeness (QED) is 0.802. The van der Waals surface area contributed by atoms with Gasteiger partial charge in [0.05, 0.1) is 10.6 Å². The summed E-state index contributed by atoms with van der Waals surface area (Å²) in [6, 6.07) is 6.82. The number of benzene rings is 1. The molecule has 26 heavy (non-hydrogen) atoms. The lowest BCUT2D eigenvalue weighted by Gasteiger charge is -2.40. The van der Waals surface area contributed by atoms with Crippen molar-refractivity contribution in [2.75, 3.05) is 26.7 Å². The molecule has 1 aliphatic carbocycles. The van der Waals surface area contributed by atoms with Gasteiger partial charge in [0.2, 0.25) is 0 Å². The van der Waals surface area contributed by atoms with Gasteiger partial charge in [-0.1, -0.05) is 18.2 Å². The minimum Gasteiger partial charge on any atom is -0.349 e. The first-order valence-electron chi connectivity index (χ1n) is 9.30. The van der Waals surface area contributed by atoms with Crippen LogP contribution >= 0.6 is 15.9 Å². The smallest absolute Gasteiger partial charge is 0.317 e. The highest BCUT2D eigenvalue weighted by Gasteiger charge is 2.35. The Kier molecular flexibility index (Phi) is 4.57. The number of nitrogens with zero attached hydrogens (tertiary/aromatic N) is 2. The fourth-order valence-electron chi connectivity index (χ4n) is 4.35. The molecular weight excluding hydrogens is 392 g/mol. The first-order chi connectivity index (χ1) is 12.5. The largest absolute Gasteiger partial charge is 0.349 e. The maximum absolute atomic E-state index is 12.5. The summed E-state index contributed by atoms with van der Waals surface area (Å²) < 4.78 is 1.09. The normalized spacial score (nSPS) is 22.1. The minimum absolute atomic E-state index is 0.0165. The van der Waals surface area contributed by atoms with Gasteiger partial charge in [0, 0.05) is 36.6 Å². The Bertz CT molecular complexity index is 883. The van der Waals surface area contributed by atoms with Gasteiger partial charge in [0.1, 0.15) is 0 Å². The molecule has 1 aromatic carbocycles. The molecule has 0 radical (unpaired) electrons. The second kappa shape index (κ2) is 6.74. The SMILES string of the molecule is CCN(CC)C(=O)NC1C=C2c3cccc4[nH]c(Br)c(c34)CC2N(C)C1. The highest BCUT2D eigenvalue weighted by molar-refractivity contribution is 9.10. The predicted octanol–water partition coefficient (Wildman–Crippen LogP) is 3.60. The molecule has 138 valence electrons. The number of halogens is 1. The number of amides is 2. The van der Waals surface area contributed by atoms with Crippen LogP contribution in [-0.4, -0.2) is 59.6 Å². The molecule has 1 aliphatic heterocycles. The molecule has 2 heterocycles. The fraction of sp³-hybridized carbons (Fsp3) is 0.450. The summed E-state index contributed by atoms with van der Waals surface area (Å²) in [5.74, 6) is 0. The van der Waals surface area contributed by atoms with Gasteiger partial charge >= 0.3 is 6.03 Å². The zero-order valence-electron chi connectivity index (χ0n) is 15.5. The van der Waals surface area contributed by atoms with E-state index in [0.717, 1.165) is 30.7 Å². The van der Waals surface area contributed by atoms with E-state index in [1.807, 2.05) is 18.7 Å². The lowest BCUT2D eigenvalue weighted by molar-refractivity contribution is 0.193. The maximum atomic E-state index is 12.5. The molecule has 2 unspecified atom stereocenters. The summed E-state index contributed by atoms with van der Waals surface area (Å²) in [6.45, 7) is 6.30. The van der Waals surface area contributed by atoms with E-state index in [1.54, 1.807) is 0 Å². The third-order valence-corrected chi connectivity index (χ3v) is 6.38. The van der Waals surface area contributed by atoms with Crippen LogP contribution in [0.15, 0.2) is 28.9 Å². The van der Waals surface area contributed by atoms with Crippen molar-refractivity contribution in [3.8, 4) is 0 Å². The number of rotatable bonds is 3. The monoisotopic (exact) mass is 416 g/mol. The van der Waals surface area contributed by atoms with Crippen molar-refractivity contribution in [1.29, 1.82) is 0 Å². The zero-order valence-corrected chi connectivity index (χ0v) is 17.1. The molecule has 0 fully saturated rings. The summed E-state index contributed by atoms with van der Waals surface area (Å²) in [4.78, 5) is 20.1. The summed E-state index contributed by atoms with van der Waals surface area (Å²) in [6.07, 6.45) is 3.25. The molecular formula is C20H25BrN4O. The number of aromatic amines is 1. The predicted molar refractivity (Wildman–Crippen MR) is 109 cm³/mol. The molecule has 1 aromatic heterocycles. The fourth-order valence-corrected chi connectivity index (χ4v) is 4.92. The van der Waals surface area contributed by atoms with E-state index in [0.29, 0.717) is 6.04 Å². The molecule has 5 nitrogen and oxygen atoms in total. The first-order valence-corrected chi connectivity index (χ1v) is 10.1. The number of urea groups is 1. The number of H-pyrrole nitrogens is 1. The molecule has 2 aliphatic rings. The Hall–Kier alpha value is -1.79. The van der Waals surface area contributed by atoms with Crippen molar-refractivity contribution < 1.29 is 4.79 Å². The van der Waals surface area contributed by atoms with E-state index in [9.17, 15) is 4.79 Å². The molecule has 2 aromatic rings. The lowest BCUT2D eigenvalue weighted by atomic mass is 9.81. The third-order valence-electron chi connectivity index (χ3n) is 5.70. The van der Waals surface area contributed by atoms with Crippen LogP contribution in [0.4, 0.5) is 4.79 Å². The molecule has 0 saturated heterocycles. The summed E-state index contributed by atoms with van der Waals surface area (Å²) in [5.41, 5.74) is 5.13. The van der Waals surface area contributed by atoms with Crippen LogP contribution in [0.5, 0.6) is 0 Å². The van der Waals surface area contributed by atoms with Crippen LogP contribution in [0.2, 0.25) is 0 Å². The van der Waals surface area contributed by atoms with Crippen molar-refractivity contribution >= 4 is 38.4 Å². The number of likely N-dealkylation sites (N-methyl/N-ethyl adjacent to an activating group) is 1. The Morgan fingerprint density at radius 3 is 2.88 bits per heavy atom. The van der Waals surface area contributed by atoms with E-state index in [2.05, 4.69) is 62.5 Å². The van der Waals surface area contributed by atoms with Gasteiger partial charge in [-0.2, -0.15) is 0 Å².